The summed E-state index contributed by atoms with van der Waals surface area (Å²) in [5.74, 6) is 0.852. The molecule has 0 bridgehead atoms. The lowest BCUT2D eigenvalue weighted by Crippen LogP contribution is -1.77. The van der Waals surface area contributed by atoms with Gasteiger partial charge in [-0.3, -0.25) is 4.99 Å². The molecule has 0 aliphatic heterocycles. The Morgan fingerprint density at radius 3 is 2.67 bits per heavy atom. The van der Waals surface area contributed by atoms with Crippen LogP contribution >= 0.6 is 12.6 Å². The van der Waals surface area contributed by atoms with Gasteiger partial charge < -0.3 is 0 Å². The van der Waals surface area contributed by atoms with Gasteiger partial charge in [0, 0.05) is 12.3 Å². The Labute approximate surface area is 43.9 Å². The summed E-state index contributed by atoms with van der Waals surface area (Å²) in [4.78, 5) is 3.89. The lowest BCUT2D eigenvalue weighted by molar-refractivity contribution is 1.16. The van der Waals surface area contributed by atoms with Gasteiger partial charge in [-0.1, -0.05) is 0 Å². The number of aliphatic imine (C=N–C) groups is 1. The molecule has 36 valence electrons. The maximum atomic E-state index is 3.94. The van der Waals surface area contributed by atoms with E-state index in [2.05, 4.69) is 17.6 Å². The highest BCUT2D eigenvalue weighted by Crippen LogP contribution is 1.71. The minimum absolute atomic E-state index is 0.847. The first-order valence-corrected chi connectivity index (χ1v) is 2.60. The van der Waals surface area contributed by atoms with Crippen LogP contribution in [0.2, 0.25) is 0 Å². The fourth-order valence-corrected chi connectivity index (χ4v) is 0.302. The number of nitrogens with zero attached hydrogens (tertiary/aromatic N) is 1. The molecule has 0 saturated heterocycles. The fraction of sp³-hybridized carbons (Fsp3) is 0.750. The molecule has 0 rings (SSSR count). The second-order valence-electron chi connectivity index (χ2n) is 0.888. The van der Waals surface area contributed by atoms with Gasteiger partial charge in [0.05, 0.1) is 0 Å². The SMILES string of the molecule is CC=NCCS. The van der Waals surface area contributed by atoms with Crippen LogP contribution in [0.1, 0.15) is 6.92 Å². The van der Waals surface area contributed by atoms with Crippen molar-refractivity contribution in [2.24, 2.45) is 4.99 Å². The van der Waals surface area contributed by atoms with Crippen molar-refractivity contribution in [3.8, 4) is 0 Å². The Kier molecular flexibility index (Phi) is 5.04. The van der Waals surface area contributed by atoms with Gasteiger partial charge in [-0.2, -0.15) is 12.6 Å². The zero-order valence-corrected chi connectivity index (χ0v) is 4.78. The van der Waals surface area contributed by atoms with E-state index in [1.165, 1.54) is 0 Å². The molecule has 0 saturated carbocycles. The van der Waals surface area contributed by atoms with E-state index in [1.807, 2.05) is 6.92 Å². The molecule has 0 amide bonds. The number of hydrogen-bond donors (Lipinski definition) is 1. The monoisotopic (exact) mass is 103 g/mol. The quantitative estimate of drug-likeness (QED) is 0.395. The van der Waals surface area contributed by atoms with Crippen molar-refractivity contribution >= 4 is 18.8 Å². The maximum Gasteiger partial charge on any atom is 0.0473 e. The molecule has 0 aliphatic rings. The third-order valence-corrected chi connectivity index (χ3v) is 0.612. The first-order chi connectivity index (χ1) is 2.91. The molecule has 0 aromatic rings. The van der Waals surface area contributed by atoms with Crippen LogP contribution in [-0.4, -0.2) is 18.5 Å². The highest BCUT2D eigenvalue weighted by atomic mass is 32.1. The zero-order chi connectivity index (χ0) is 4.83. The predicted molar refractivity (Wildman–Crippen MR) is 32.9 cm³/mol. The van der Waals surface area contributed by atoms with E-state index in [9.17, 15) is 0 Å². The summed E-state index contributed by atoms with van der Waals surface area (Å²) in [7, 11) is 0. The molecule has 0 fully saturated rings. The number of thiol groups is 1. The van der Waals surface area contributed by atoms with Crippen LogP contribution in [-0.2, 0) is 0 Å². The van der Waals surface area contributed by atoms with Crippen LogP contribution in [0.3, 0.4) is 0 Å². The fourth-order valence-electron chi connectivity index (χ4n) is 0.187. The Morgan fingerprint density at radius 1 is 1.83 bits per heavy atom. The Hall–Kier alpha value is 0.0200. The van der Waals surface area contributed by atoms with Gasteiger partial charge in [0.1, 0.15) is 0 Å². The number of hydrogen-bond acceptors (Lipinski definition) is 2. The molecule has 0 radical (unpaired) electrons. The predicted octanol–water partition coefficient (Wildman–Crippen LogP) is 1.01. The minimum Gasteiger partial charge on any atom is -0.297 e. The number of rotatable bonds is 2. The smallest absolute Gasteiger partial charge is 0.0473 e. The topological polar surface area (TPSA) is 12.4 Å². The summed E-state index contributed by atoms with van der Waals surface area (Å²) in [6, 6.07) is 0. The van der Waals surface area contributed by atoms with Crippen molar-refractivity contribution in [2.45, 2.75) is 6.92 Å². The lowest BCUT2D eigenvalue weighted by atomic mass is 10.7. The average molecular weight is 103 g/mol. The van der Waals surface area contributed by atoms with Crippen LogP contribution < -0.4 is 0 Å². The van der Waals surface area contributed by atoms with E-state index >= 15 is 0 Å². The summed E-state index contributed by atoms with van der Waals surface area (Å²) in [6.45, 7) is 2.75. The first-order valence-electron chi connectivity index (χ1n) is 1.97. The molecule has 0 aliphatic carbocycles. The Balaban J connectivity index is 2.66. The van der Waals surface area contributed by atoms with Gasteiger partial charge in [-0.15, -0.1) is 0 Å². The van der Waals surface area contributed by atoms with Gasteiger partial charge in [0.2, 0.25) is 0 Å². The molecule has 0 heterocycles. The third kappa shape index (κ3) is 4.02. The third-order valence-electron chi connectivity index (χ3n) is 0.412. The Morgan fingerprint density at radius 2 is 2.50 bits per heavy atom. The molecule has 6 heavy (non-hydrogen) atoms. The van der Waals surface area contributed by atoms with E-state index in [0.29, 0.717) is 0 Å². The van der Waals surface area contributed by atoms with Gasteiger partial charge >= 0.3 is 0 Å². The standard InChI is InChI=1S/C4H9NS/c1-2-5-3-4-6/h2,6H,3-4H2,1H3. The van der Waals surface area contributed by atoms with E-state index < -0.39 is 0 Å². The van der Waals surface area contributed by atoms with Gasteiger partial charge in [0.15, 0.2) is 0 Å². The summed E-state index contributed by atoms with van der Waals surface area (Å²) in [5.41, 5.74) is 0. The summed E-state index contributed by atoms with van der Waals surface area (Å²) < 4.78 is 0. The second-order valence-corrected chi connectivity index (χ2v) is 1.34. The summed E-state index contributed by atoms with van der Waals surface area (Å²) in [5, 5.41) is 0. The van der Waals surface area contributed by atoms with Crippen LogP contribution in [0.15, 0.2) is 4.99 Å². The van der Waals surface area contributed by atoms with Crippen LogP contribution in [0, 0.1) is 0 Å². The van der Waals surface area contributed by atoms with Crippen molar-refractivity contribution in [1.29, 1.82) is 0 Å². The highest BCUT2D eigenvalue weighted by Gasteiger charge is 1.65. The molecule has 0 aromatic carbocycles. The molecule has 0 atom stereocenters. The molecule has 0 N–H and O–H groups in total. The van der Waals surface area contributed by atoms with Crippen LogP contribution in [0.4, 0.5) is 0 Å². The molecular weight excluding hydrogens is 94.1 g/mol. The first kappa shape index (κ1) is 6.02. The largest absolute Gasteiger partial charge is 0.297 e. The Bertz CT molecular complexity index is 42.8. The van der Waals surface area contributed by atoms with E-state index in [1.54, 1.807) is 6.21 Å². The minimum atomic E-state index is 0.847. The molecule has 0 unspecified atom stereocenters. The van der Waals surface area contributed by atoms with Gasteiger partial charge in [-0.05, 0) is 13.1 Å². The van der Waals surface area contributed by atoms with Crippen molar-refractivity contribution < 1.29 is 0 Å². The molecule has 0 spiro atoms. The zero-order valence-electron chi connectivity index (χ0n) is 3.89. The molecule has 1 nitrogen and oxygen atoms in total. The van der Waals surface area contributed by atoms with Gasteiger partial charge in [-0.25, -0.2) is 0 Å². The molecule has 0 aromatic heterocycles. The lowest BCUT2D eigenvalue weighted by Gasteiger charge is -1.77. The van der Waals surface area contributed by atoms with E-state index in [-0.39, 0.29) is 0 Å². The highest BCUT2D eigenvalue weighted by molar-refractivity contribution is 7.80. The summed E-state index contributed by atoms with van der Waals surface area (Å²) in [6.07, 6.45) is 1.79. The van der Waals surface area contributed by atoms with Crippen molar-refractivity contribution in [1.82, 2.24) is 0 Å². The average Bonchev–Trinajstić information content (AvgIpc) is 1.61. The second kappa shape index (κ2) is 5.02. The van der Waals surface area contributed by atoms with Gasteiger partial charge in [0.25, 0.3) is 0 Å². The van der Waals surface area contributed by atoms with Crippen molar-refractivity contribution in [3.05, 3.63) is 0 Å². The van der Waals surface area contributed by atoms with Crippen molar-refractivity contribution in [2.75, 3.05) is 12.3 Å². The molecule has 2 heteroatoms. The maximum absolute atomic E-state index is 3.94. The normalized spacial score (nSPS) is 10.3. The van der Waals surface area contributed by atoms with E-state index in [4.69, 9.17) is 0 Å². The van der Waals surface area contributed by atoms with Crippen LogP contribution in [0.5, 0.6) is 0 Å². The van der Waals surface area contributed by atoms with Crippen molar-refractivity contribution in [3.63, 3.8) is 0 Å². The van der Waals surface area contributed by atoms with E-state index in [0.717, 1.165) is 12.3 Å². The summed E-state index contributed by atoms with van der Waals surface area (Å²) >= 11 is 3.94. The van der Waals surface area contributed by atoms with Crippen LogP contribution in [0.25, 0.3) is 0 Å². The molecular formula is C4H9NS.